The van der Waals surface area contributed by atoms with E-state index in [1.807, 2.05) is 7.05 Å². The Bertz CT molecular complexity index is 555. The number of hydrogen-bond acceptors (Lipinski definition) is 4. The average Bonchev–Trinajstić information content (AvgIpc) is 2.44. The quantitative estimate of drug-likeness (QED) is 0.854. The number of likely N-dealkylation sites (tertiary alicyclic amines) is 1. The van der Waals surface area contributed by atoms with Crippen LogP contribution in [0.1, 0.15) is 28.8 Å². The van der Waals surface area contributed by atoms with E-state index in [4.69, 9.17) is 0 Å². The second kappa shape index (κ2) is 5.51. The lowest BCUT2D eigenvalue weighted by molar-refractivity contribution is 0.0882. The maximum Gasteiger partial charge on any atom is 0.252 e. The second-order valence-electron chi connectivity index (χ2n) is 5.45. The zero-order valence-electron chi connectivity index (χ0n) is 11.8. The molecule has 1 aromatic rings. The van der Waals surface area contributed by atoms with E-state index in [2.05, 4.69) is 16.3 Å². The van der Waals surface area contributed by atoms with E-state index in [9.17, 15) is 15.2 Å². The average molecular weight is 273 g/mol. The molecule has 5 nitrogen and oxygen atoms in total. The third-order valence-electron chi connectivity index (χ3n) is 3.87. The first-order valence-electron chi connectivity index (χ1n) is 6.68. The molecule has 0 unspecified atom stereocenters. The number of hydrogen-bond donors (Lipinski definition) is 2. The van der Waals surface area contributed by atoms with Crippen LogP contribution >= 0.6 is 0 Å². The molecule has 0 atom stereocenters. The molecule has 1 heterocycles. The summed E-state index contributed by atoms with van der Waals surface area (Å²) >= 11 is 0. The molecule has 0 radical (unpaired) electrons. The van der Waals surface area contributed by atoms with Crippen molar-refractivity contribution in [3.63, 3.8) is 0 Å². The Morgan fingerprint density at radius 3 is 2.65 bits per heavy atom. The number of aryl methyl sites for hydroxylation is 1. The van der Waals surface area contributed by atoms with E-state index < -0.39 is 5.54 Å². The van der Waals surface area contributed by atoms with Crippen molar-refractivity contribution in [1.82, 2.24) is 10.2 Å². The van der Waals surface area contributed by atoms with Gasteiger partial charge in [0.1, 0.15) is 11.3 Å². The Hall–Kier alpha value is -2.06. The summed E-state index contributed by atoms with van der Waals surface area (Å²) in [6.45, 7) is 3.33. The number of piperidine rings is 1. The molecule has 0 saturated carbocycles. The number of carbonyl (C=O) groups excluding carboxylic acids is 1. The molecule has 1 amide bonds. The Morgan fingerprint density at radius 2 is 2.10 bits per heavy atom. The SMILES string of the molecule is Cc1cc(C(=O)NC2(C#N)CCN(C)CC2)ccc1O. The van der Waals surface area contributed by atoms with Crippen molar-refractivity contribution in [3.05, 3.63) is 29.3 Å². The summed E-state index contributed by atoms with van der Waals surface area (Å²) in [5.74, 6) is -0.102. The number of nitriles is 1. The number of amides is 1. The van der Waals surface area contributed by atoms with Gasteiger partial charge in [0.2, 0.25) is 0 Å². The van der Waals surface area contributed by atoms with Crippen LogP contribution in [0.4, 0.5) is 0 Å². The van der Waals surface area contributed by atoms with Gasteiger partial charge < -0.3 is 15.3 Å². The highest BCUT2D eigenvalue weighted by Gasteiger charge is 2.35. The smallest absolute Gasteiger partial charge is 0.252 e. The lowest BCUT2D eigenvalue weighted by Crippen LogP contribution is -2.53. The van der Waals surface area contributed by atoms with E-state index in [1.54, 1.807) is 19.1 Å². The number of nitrogens with zero attached hydrogens (tertiary/aromatic N) is 2. The van der Waals surface area contributed by atoms with Crippen LogP contribution in [0.5, 0.6) is 5.75 Å². The molecule has 0 spiro atoms. The van der Waals surface area contributed by atoms with Crippen LogP contribution in [-0.2, 0) is 0 Å². The lowest BCUT2D eigenvalue weighted by Gasteiger charge is -2.36. The summed E-state index contributed by atoms with van der Waals surface area (Å²) in [4.78, 5) is 14.4. The highest BCUT2D eigenvalue weighted by atomic mass is 16.3. The molecule has 1 aromatic carbocycles. The summed E-state index contributed by atoms with van der Waals surface area (Å²) in [5, 5.41) is 21.7. The van der Waals surface area contributed by atoms with E-state index >= 15 is 0 Å². The highest BCUT2D eigenvalue weighted by molar-refractivity contribution is 5.95. The summed E-state index contributed by atoms with van der Waals surface area (Å²) in [6, 6.07) is 6.95. The number of phenolic OH excluding ortho intramolecular Hbond substituents is 1. The van der Waals surface area contributed by atoms with Crippen molar-refractivity contribution in [1.29, 1.82) is 5.26 Å². The van der Waals surface area contributed by atoms with Gasteiger partial charge in [0.05, 0.1) is 6.07 Å². The van der Waals surface area contributed by atoms with Gasteiger partial charge in [0.25, 0.3) is 5.91 Å². The van der Waals surface area contributed by atoms with E-state index in [0.717, 1.165) is 13.1 Å². The lowest BCUT2D eigenvalue weighted by atomic mass is 9.88. The summed E-state index contributed by atoms with van der Waals surface area (Å²) in [6.07, 6.45) is 1.26. The van der Waals surface area contributed by atoms with Crippen molar-refractivity contribution in [2.45, 2.75) is 25.3 Å². The maximum absolute atomic E-state index is 12.3. The van der Waals surface area contributed by atoms with Gasteiger partial charge in [-0.25, -0.2) is 0 Å². The van der Waals surface area contributed by atoms with Crippen LogP contribution < -0.4 is 5.32 Å². The maximum atomic E-state index is 12.3. The molecule has 5 heteroatoms. The molecule has 0 aromatic heterocycles. The number of phenols is 1. The van der Waals surface area contributed by atoms with Gasteiger partial charge in [0.15, 0.2) is 0 Å². The topological polar surface area (TPSA) is 76.4 Å². The van der Waals surface area contributed by atoms with Crippen LogP contribution in [0.2, 0.25) is 0 Å². The number of carbonyl (C=O) groups is 1. The number of aromatic hydroxyl groups is 1. The standard InChI is InChI=1S/C15H19N3O2/c1-11-9-12(3-4-13(11)19)14(20)17-15(10-16)5-7-18(2)8-6-15/h3-4,9,19H,5-8H2,1-2H3,(H,17,20). The fourth-order valence-electron chi connectivity index (χ4n) is 2.35. The number of benzene rings is 1. The molecule has 2 rings (SSSR count). The molecule has 2 N–H and O–H groups in total. The third-order valence-corrected chi connectivity index (χ3v) is 3.87. The number of nitrogens with one attached hydrogen (secondary N) is 1. The van der Waals surface area contributed by atoms with Crippen LogP contribution in [0.3, 0.4) is 0 Å². The van der Waals surface area contributed by atoms with Crippen LogP contribution in [0.25, 0.3) is 0 Å². The molecule has 1 fully saturated rings. The van der Waals surface area contributed by atoms with E-state index in [-0.39, 0.29) is 11.7 Å². The normalized spacial score (nSPS) is 18.2. The first-order valence-corrected chi connectivity index (χ1v) is 6.68. The van der Waals surface area contributed by atoms with Gasteiger partial charge in [-0.05, 0) is 50.6 Å². The summed E-state index contributed by atoms with van der Waals surface area (Å²) in [5.41, 5.74) is 0.330. The van der Waals surface area contributed by atoms with Gasteiger partial charge in [-0.15, -0.1) is 0 Å². The minimum Gasteiger partial charge on any atom is -0.508 e. The monoisotopic (exact) mass is 273 g/mol. The summed E-state index contributed by atoms with van der Waals surface area (Å²) < 4.78 is 0. The Labute approximate surface area is 118 Å². The van der Waals surface area contributed by atoms with Crippen molar-refractivity contribution < 1.29 is 9.90 Å². The molecule has 20 heavy (non-hydrogen) atoms. The van der Waals surface area contributed by atoms with Crippen LogP contribution in [0, 0.1) is 18.3 Å². The van der Waals surface area contributed by atoms with Crippen molar-refractivity contribution in [3.8, 4) is 11.8 Å². The van der Waals surface area contributed by atoms with Gasteiger partial charge in [-0.2, -0.15) is 5.26 Å². The molecule has 1 saturated heterocycles. The third kappa shape index (κ3) is 2.91. The molecule has 0 aliphatic carbocycles. The van der Waals surface area contributed by atoms with E-state index in [0.29, 0.717) is 24.0 Å². The molecule has 0 bridgehead atoms. The molecule has 106 valence electrons. The van der Waals surface area contributed by atoms with E-state index in [1.165, 1.54) is 6.07 Å². The Kier molecular flexibility index (Phi) is 3.96. The fourth-order valence-corrected chi connectivity index (χ4v) is 2.35. The number of rotatable bonds is 2. The van der Waals surface area contributed by atoms with Crippen molar-refractivity contribution >= 4 is 5.91 Å². The van der Waals surface area contributed by atoms with Gasteiger partial charge in [0, 0.05) is 18.7 Å². The predicted molar refractivity (Wildman–Crippen MR) is 75.4 cm³/mol. The fraction of sp³-hybridized carbons (Fsp3) is 0.467. The molecule has 1 aliphatic heterocycles. The van der Waals surface area contributed by atoms with Crippen LogP contribution in [0.15, 0.2) is 18.2 Å². The first-order chi connectivity index (χ1) is 9.46. The molecular formula is C15H19N3O2. The highest BCUT2D eigenvalue weighted by Crippen LogP contribution is 2.22. The Morgan fingerprint density at radius 1 is 1.45 bits per heavy atom. The minimum absolute atomic E-state index is 0.163. The van der Waals surface area contributed by atoms with Crippen molar-refractivity contribution in [2.75, 3.05) is 20.1 Å². The van der Waals surface area contributed by atoms with Gasteiger partial charge in [-0.1, -0.05) is 0 Å². The van der Waals surface area contributed by atoms with Crippen molar-refractivity contribution in [2.24, 2.45) is 0 Å². The Balaban J connectivity index is 2.13. The second-order valence-corrected chi connectivity index (χ2v) is 5.45. The predicted octanol–water partition coefficient (Wildman–Crippen LogP) is 1.42. The van der Waals surface area contributed by atoms with Gasteiger partial charge >= 0.3 is 0 Å². The zero-order chi connectivity index (χ0) is 14.8. The molecular weight excluding hydrogens is 254 g/mol. The minimum atomic E-state index is -0.782. The molecule has 1 aliphatic rings. The summed E-state index contributed by atoms with van der Waals surface area (Å²) in [7, 11) is 2.01. The van der Waals surface area contributed by atoms with Gasteiger partial charge in [-0.3, -0.25) is 4.79 Å². The largest absolute Gasteiger partial charge is 0.508 e. The first kappa shape index (κ1) is 14.4. The zero-order valence-corrected chi connectivity index (χ0v) is 11.8. The van der Waals surface area contributed by atoms with Crippen LogP contribution in [-0.4, -0.2) is 41.6 Å².